The standard InChI is InChI=1S/C23H24F3N5O6S3/c1-10-13(20-18-16(2-3-36-20)39-22(31-18)23(24,25)26)6-17(38-10)19(33)14-7-28-9-29-21(14)30-12-4-11(15(32)5-12)8-37-40(27,34)35/h6-7,9,11-12,15,20,32H,2-5,8H2,1H3,(H2,27,34,35)(H,28,29,30)/t11-,12-,15+,20-/m1/s1. The van der Waals surface area contributed by atoms with Gasteiger partial charge in [0.1, 0.15) is 18.2 Å². The maximum atomic E-state index is 13.5. The molecule has 0 aromatic carbocycles. The molecule has 0 spiro atoms. The summed E-state index contributed by atoms with van der Waals surface area (Å²) < 4.78 is 72.5. The molecule has 5 rings (SSSR count). The first-order chi connectivity index (χ1) is 18.8. The van der Waals surface area contributed by atoms with Gasteiger partial charge in [-0.25, -0.2) is 20.1 Å². The minimum atomic E-state index is -4.56. The van der Waals surface area contributed by atoms with Gasteiger partial charge in [0.25, 0.3) is 0 Å². The molecule has 3 aromatic rings. The SMILES string of the molecule is Cc1sc(C(=O)c2cncnc2N[C@@H]2C[C@H](COS(N)(=O)=O)[C@@H](O)C2)cc1[C@H]1OCCc2sc(C(F)(F)F)nc21. The van der Waals surface area contributed by atoms with Crippen molar-refractivity contribution in [2.24, 2.45) is 11.1 Å². The number of hydrogen-bond donors (Lipinski definition) is 3. The molecule has 0 amide bonds. The number of carbonyl (C=O) groups is 1. The molecule has 1 saturated carbocycles. The first-order valence-electron chi connectivity index (χ1n) is 12.1. The molecule has 1 fully saturated rings. The van der Waals surface area contributed by atoms with Crippen LogP contribution in [0.25, 0.3) is 0 Å². The number of nitrogens with zero attached hydrogens (tertiary/aromatic N) is 3. The number of anilines is 1. The van der Waals surface area contributed by atoms with E-state index >= 15 is 0 Å². The van der Waals surface area contributed by atoms with Gasteiger partial charge in [-0.3, -0.25) is 8.98 Å². The van der Waals surface area contributed by atoms with Crippen molar-refractivity contribution in [2.75, 3.05) is 18.5 Å². The summed E-state index contributed by atoms with van der Waals surface area (Å²) in [6, 6.07) is 1.26. The maximum Gasteiger partial charge on any atom is 0.443 e. The molecule has 4 atom stereocenters. The zero-order valence-electron chi connectivity index (χ0n) is 20.8. The van der Waals surface area contributed by atoms with Crippen molar-refractivity contribution in [3.8, 4) is 0 Å². The molecule has 11 nitrogen and oxygen atoms in total. The van der Waals surface area contributed by atoms with E-state index in [0.29, 0.717) is 44.4 Å². The van der Waals surface area contributed by atoms with Gasteiger partial charge in [-0.2, -0.15) is 21.6 Å². The van der Waals surface area contributed by atoms with Crippen LogP contribution < -0.4 is 10.5 Å². The number of hydrogen-bond acceptors (Lipinski definition) is 12. The van der Waals surface area contributed by atoms with E-state index in [1.165, 1.54) is 23.9 Å². The third-order valence-electron chi connectivity index (χ3n) is 6.70. The van der Waals surface area contributed by atoms with Gasteiger partial charge in [-0.1, -0.05) is 0 Å². The van der Waals surface area contributed by atoms with Crippen LogP contribution in [0.15, 0.2) is 18.6 Å². The Kier molecular flexibility index (Phi) is 7.99. The van der Waals surface area contributed by atoms with Crippen LogP contribution in [0, 0.1) is 12.8 Å². The number of thiophene rings is 1. The average Bonchev–Trinajstić information content (AvgIpc) is 3.58. The van der Waals surface area contributed by atoms with Crippen molar-refractivity contribution < 1.29 is 40.4 Å². The Morgan fingerprint density at radius 2 is 2.10 bits per heavy atom. The van der Waals surface area contributed by atoms with Crippen molar-refractivity contribution >= 4 is 44.6 Å². The largest absolute Gasteiger partial charge is 0.443 e. The fourth-order valence-electron chi connectivity index (χ4n) is 4.84. The second-order valence-corrected chi connectivity index (χ2v) is 13.0. The predicted molar refractivity (Wildman–Crippen MR) is 138 cm³/mol. The molecule has 2 aliphatic rings. The van der Waals surface area contributed by atoms with Crippen LogP contribution in [0.4, 0.5) is 19.0 Å². The zero-order chi connectivity index (χ0) is 28.8. The van der Waals surface area contributed by atoms with Crippen LogP contribution in [-0.2, 0) is 31.8 Å². The van der Waals surface area contributed by atoms with E-state index in [4.69, 9.17) is 9.88 Å². The van der Waals surface area contributed by atoms with E-state index < -0.39 is 45.4 Å². The lowest BCUT2D eigenvalue weighted by Gasteiger charge is -2.22. The molecule has 0 saturated heterocycles. The minimum Gasteiger partial charge on any atom is -0.393 e. The van der Waals surface area contributed by atoms with Crippen LogP contribution in [0.3, 0.4) is 0 Å². The van der Waals surface area contributed by atoms with E-state index in [1.807, 2.05) is 0 Å². The smallest absolute Gasteiger partial charge is 0.393 e. The van der Waals surface area contributed by atoms with E-state index in [-0.39, 0.29) is 42.8 Å². The Labute approximate surface area is 234 Å². The molecule has 0 bridgehead atoms. The quantitative estimate of drug-likeness (QED) is 0.319. The first kappa shape index (κ1) is 29.0. The number of ketones is 1. The molecule has 216 valence electrons. The van der Waals surface area contributed by atoms with Crippen LogP contribution in [0.5, 0.6) is 0 Å². The molecule has 40 heavy (non-hydrogen) atoms. The highest BCUT2D eigenvalue weighted by atomic mass is 32.2. The number of aryl methyl sites for hydroxylation is 1. The van der Waals surface area contributed by atoms with Gasteiger partial charge < -0.3 is 15.2 Å². The molecular weight excluding hydrogens is 595 g/mol. The molecule has 3 aromatic heterocycles. The monoisotopic (exact) mass is 619 g/mol. The number of nitrogens with one attached hydrogen (secondary N) is 1. The van der Waals surface area contributed by atoms with E-state index in [1.54, 1.807) is 13.0 Å². The Morgan fingerprint density at radius 1 is 1.32 bits per heavy atom. The van der Waals surface area contributed by atoms with E-state index in [9.17, 15) is 31.5 Å². The summed E-state index contributed by atoms with van der Waals surface area (Å²) in [6.07, 6.45) is -2.70. The summed E-state index contributed by atoms with van der Waals surface area (Å²) in [5.74, 6) is -0.674. The number of nitrogens with two attached hydrogens (primary N) is 1. The number of carbonyl (C=O) groups excluding carboxylic acids is 1. The highest BCUT2D eigenvalue weighted by Crippen LogP contribution is 2.43. The summed E-state index contributed by atoms with van der Waals surface area (Å²) in [5.41, 5.74) is 0.943. The number of fused-ring (bicyclic) bond motifs is 1. The molecule has 4 N–H and O–H groups in total. The van der Waals surface area contributed by atoms with Gasteiger partial charge in [0.2, 0.25) is 5.78 Å². The number of halogens is 3. The lowest BCUT2D eigenvalue weighted by atomic mass is 10.0. The van der Waals surface area contributed by atoms with Gasteiger partial charge in [0, 0.05) is 39.9 Å². The maximum absolute atomic E-state index is 13.5. The van der Waals surface area contributed by atoms with Crippen molar-refractivity contribution in [3.05, 3.63) is 55.1 Å². The van der Waals surface area contributed by atoms with Crippen molar-refractivity contribution in [2.45, 2.75) is 50.6 Å². The summed E-state index contributed by atoms with van der Waals surface area (Å²) in [5, 5.41) is 17.4. The second-order valence-electron chi connectivity index (χ2n) is 9.48. The van der Waals surface area contributed by atoms with Crippen LogP contribution in [0.2, 0.25) is 0 Å². The fraction of sp³-hybridized carbons (Fsp3) is 0.478. The normalized spacial score (nSPS) is 23.2. The minimum absolute atomic E-state index is 0.160. The third-order valence-corrected chi connectivity index (χ3v) is 9.40. The summed E-state index contributed by atoms with van der Waals surface area (Å²) >= 11 is 1.79. The van der Waals surface area contributed by atoms with E-state index in [0.717, 1.165) is 0 Å². The second kappa shape index (κ2) is 11.0. The molecule has 0 radical (unpaired) electrons. The third kappa shape index (κ3) is 6.19. The summed E-state index contributed by atoms with van der Waals surface area (Å²) in [6.45, 7) is 1.71. The highest BCUT2D eigenvalue weighted by Gasteiger charge is 2.39. The molecule has 17 heteroatoms. The predicted octanol–water partition coefficient (Wildman–Crippen LogP) is 2.99. The Bertz CT molecular complexity index is 1530. The number of alkyl halides is 3. The highest BCUT2D eigenvalue weighted by molar-refractivity contribution is 7.84. The number of aliphatic hydroxyl groups excluding tert-OH is 1. The lowest BCUT2D eigenvalue weighted by Crippen LogP contribution is -2.24. The van der Waals surface area contributed by atoms with Gasteiger partial charge >= 0.3 is 16.5 Å². The van der Waals surface area contributed by atoms with Gasteiger partial charge in [-0.15, -0.1) is 22.7 Å². The molecule has 1 aliphatic carbocycles. The zero-order valence-corrected chi connectivity index (χ0v) is 23.3. The number of aliphatic hydroxyl groups is 1. The van der Waals surface area contributed by atoms with Crippen molar-refractivity contribution in [1.29, 1.82) is 0 Å². The van der Waals surface area contributed by atoms with Crippen LogP contribution in [-0.4, -0.2) is 59.6 Å². The van der Waals surface area contributed by atoms with Crippen LogP contribution >= 0.6 is 22.7 Å². The average molecular weight is 620 g/mol. The lowest BCUT2D eigenvalue weighted by molar-refractivity contribution is -0.137. The Morgan fingerprint density at radius 3 is 2.83 bits per heavy atom. The number of thiazole rings is 1. The number of aromatic nitrogens is 3. The Balaban J connectivity index is 1.35. The number of rotatable bonds is 8. The molecular formula is C23H24F3N5O6S3. The van der Waals surface area contributed by atoms with Crippen molar-refractivity contribution in [3.63, 3.8) is 0 Å². The van der Waals surface area contributed by atoms with Gasteiger partial charge in [-0.05, 0) is 25.8 Å². The van der Waals surface area contributed by atoms with Gasteiger partial charge in [0.15, 0.2) is 5.01 Å². The molecule has 4 heterocycles. The fourth-order valence-corrected chi connectivity index (χ4v) is 7.14. The summed E-state index contributed by atoms with van der Waals surface area (Å²) in [7, 11) is -4.15. The van der Waals surface area contributed by atoms with Gasteiger partial charge in [0.05, 0.1) is 35.5 Å². The van der Waals surface area contributed by atoms with E-state index in [2.05, 4.69) is 24.5 Å². The molecule has 1 aliphatic heterocycles. The Hall–Kier alpha value is -2.54. The van der Waals surface area contributed by atoms with Crippen LogP contribution in [0.1, 0.15) is 60.2 Å². The summed E-state index contributed by atoms with van der Waals surface area (Å²) in [4.78, 5) is 27.1. The molecule has 0 unspecified atom stereocenters. The number of ether oxygens (including phenoxy) is 1. The van der Waals surface area contributed by atoms with Crippen molar-refractivity contribution in [1.82, 2.24) is 15.0 Å². The first-order valence-corrected chi connectivity index (χ1v) is 15.2. The topological polar surface area (TPSA) is 167 Å².